The number of rotatable bonds is 0. The lowest BCUT2D eigenvalue weighted by Crippen LogP contribution is -2.26. The van der Waals surface area contributed by atoms with Gasteiger partial charge in [0.15, 0.2) is 6.10 Å². The van der Waals surface area contributed by atoms with Crippen LogP contribution < -0.4 is 5.32 Å². The minimum atomic E-state index is -1.21. The predicted octanol–water partition coefficient (Wildman–Crippen LogP) is -2.16. The Hall–Kier alpha value is -0.610. The van der Waals surface area contributed by atoms with Crippen LogP contribution in [0.15, 0.2) is 0 Å². The fourth-order valence-electron chi connectivity index (χ4n) is 0.596. The number of hydrogen-bond donors (Lipinski definition) is 3. The van der Waals surface area contributed by atoms with Crippen LogP contribution in [0.5, 0.6) is 0 Å². The van der Waals surface area contributed by atoms with E-state index in [4.69, 9.17) is 10.2 Å². The normalized spacial score (nSPS) is 37.5. The molecule has 0 aromatic heterocycles. The molecule has 0 radical (unpaired) electrons. The number of β-amino-alcohol motifs (C(OH)–C–C–N with tert-alkyl or cyclic N) is 1. The zero-order chi connectivity index (χ0) is 6.15. The summed E-state index contributed by atoms with van der Waals surface area (Å²) in [4.78, 5) is 10.3. The summed E-state index contributed by atoms with van der Waals surface area (Å²) in [5.41, 5.74) is 0. The molecule has 1 amide bonds. The molecule has 4 heteroatoms. The zero-order valence-corrected chi connectivity index (χ0v) is 4.16. The summed E-state index contributed by atoms with van der Waals surface area (Å²) in [7, 11) is 0. The smallest absolute Gasteiger partial charge is 0.251 e. The highest BCUT2D eigenvalue weighted by atomic mass is 16.3. The van der Waals surface area contributed by atoms with E-state index in [-0.39, 0.29) is 6.54 Å². The largest absolute Gasteiger partial charge is 0.388 e. The molecule has 2 atom stereocenters. The molecule has 0 saturated carbocycles. The maximum absolute atomic E-state index is 10.3. The molecule has 1 aliphatic heterocycles. The molecule has 3 N–H and O–H groups in total. The lowest BCUT2D eigenvalue weighted by atomic mass is 10.3. The van der Waals surface area contributed by atoms with Gasteiger partial charge in [0.25, 0.3) is 5.91 Å². The van der Waals surface area contributed by atoms with Gasteiger partial charge in [-0.05, 0) is 0 Å². The Bertz CT molecular complexity index is 114. The lowest BCUT2D eigenvalue weighted by Gasteiger charge is -1.99. The first-order valence-electron chi connectivity index (χ1n) is 2.35. The molecular formula is C4H7NO3. The van der Waals surface area contributed by atoms with Crippen molar-refractivity contribution in [3.8, 4) is 0 Å². The van der Waals surface area contributed by atoms with Crippen LogP contribution in [0.1, 0.15) is 0 Å². The minimum Gasteiger partial charge on any atom is -0.388 e. The lowest BCUT2D eigenvalue weighted by molar-refractivity contribution is -0.128. The minimum absolute atomic E-state index is 0.167. The summed E-state index contributed by atoms with van der Waals surface area (Å²) in [6, 6.07) is 0. The van der Waals surface area contributed by atoms with Crippen molar-refractivity contribution in [3.05, 3.63) is 0 Å². The van der Waals surface area contributed by atoms with Gasteiger partial charge in [0, 0.05) is 6.54 Å². The molecule has 1 aliphatic rings. The first-order chi connectivity index (χ1) is 3.72. The average Bonchev–Trinajstić information content (AvgIpc) is 1.98. The number of aliphatic hydroxyl groups is 2. The van der Waals surface area contributed by atoms with E-state index in [1.165, 1.54) is 0 Å². The summed E-state index contributed by atoms with van der Waals surface area (Å²) >= 11 is 0. The van der Waals surface area contributed by atoms with Gasteiger partial charge in [0.1, 0.15) is 6.10 Å². The third-order valence-electron chi connectivity index (χ3n) is 1.12. The van der Waals surface area contributed by atoms with Crippen molar-refractivity contribution >= 4 is 5.91 Å². The van der Waals surface area contributed by atoms with Crippen molar-refractivity contribution in [2.45, 2.75) is 12.2 Å². The molecule has 0 aliphatic carbocycles. The second kappa shape index (κ2) is 1.72. The van der Waals surface area contributed by atoms with E-state index in [0.717, 1.165) is 0 Å². The van der Waals surface area contributed by atoms with Crippen LogP contribution in [0, 0.1) is 0 Å². The number of aliphatic hydroxyl groups excluding tert-OH is 2. The number of carbonyl (C=O) groups excluding carboxylic acids is 1. The maximum Gasteiger partial charge on any atom is 0.251 e. The van der Waals surface area contributed by atoms with Gasteiger partial charge >= 0.3 is 0 Å². The Labute approximate surface area is 46.1 Å². The highest BCUT2D eigenvalue weighted by Crippen LogP contribution is 1.98. The van der Waals surface area contributed by atoms with Gasteiger partial charge in [0.05, 0.1) is 0 Å². The van der Waals surface area contributed by atoms with Crippen LogP contribution >= 0.6 is 0 Å². The maximum atomic E-state index is 10.3. The quantitative estimate of drug-likeness (QED) is 0.338. The average molecular weight is 117 g/mol. The Morgan fingerprint density at radius 2 is 2.25 bits per heavy atom. The molecular weight excluding hydrogens is 110 g/mol. The molecule has 1 saturated heterocycles. The number of amides is 1. The van der Waals surface area contributed by atoms with Gasteiger partial charge in [-0.3, -0.25) is 4.79 Å². The van der Waals surface area contributed by atoms with Crippen molar-refractivity contribution in [1.82, 2.24) is 5.32 Å². The standard InChI is InChI=1S/C4H7NO3/c6-2-1-5-4(8)3(2)7/h2-3,6-7H,1H2,(H,5,8)/t2-,3-/m0/s1. The van der Waals surface area contributed by atoms with E-state index in [1.807, 2.05) is 0 Å². The van der Waals surface area contributed by atoms with Crippen molar-refractivity contribution in [3.63, 3.8) is 0 Å². The number of carbonyl (C=O) groups is 1. The Morgan fingerprint density at radius 1 is 1.62 bits per heavy atom. The Balaban J connectivity index is 2.56. The third kappa shape index (κ3) is 0.677. The Morgan fingerprint density at radius 3 is 2.38 bits per heavy atom. The van der Waals surface area contributed by atoms with Crippen molar-refractivity contribution < 1.29 is 15.0 Å². The van der Waals surface area contributed by atoms with Gasteiger partial charge in [-0.25, -0.2) is 0 Å². The van der Waals surface area contributed by atoms with Gasteiger partial charge in [-0.2, -0.15) is 0 Å². The molecule has 0 bridgehead atoms. The van der Waals surface area contributed by atoms with Crippen LogP contribution in [0.3, 0.4) is 0 Å². The van der Waals surface area contributed by atoms with Crippen LogP contribution in [0.4, 0.5) is 0 Å². The van der Waals surface area contributed by atoms with Crippen LogP contribution in [-0.2, 0) is 4.79 Å². The van der Waals surface area contributed by atoms with Gasteiger partial charge in [0.2, 0.25) is 0 Å². The van der Waals surface area contributed by atoms with Crippen LogP contribution in [-0.4, -0.2) is 34.9 Å². The number of hydrogen-bond acceptors (Lipinski definition) is 3. The molecule has 1 heterocycles. The monoisotopic (exact) mass is 117 g/mol. The number of nitrogens with one attached hydrogen (secondary N) is 1. The summed E-state index contributed by atoms with van der Waals surface area (Å²) in [6.45, 7) is 0.167. The molecule has 0 aromatic carbocycles. The van der Waals surface area contributed by atoms with E-state index in [1.54, 1.807) is 0 Å². The molecule has 8 heavy (non-hydrogen) atoms. The fraction of sp³-hybridized carbons (Fsp3) is 0.750. The molecule has 1 fully saturated rings. The van der Waals surface area contributed by atoms with Crippen LogP contribution in [0.2, 0.25) is 0 Å². The van der Waals surface area contributed by atoms with Crippen molar-refractivity contribution in [2.75, 3.05) is 6.54 Å². The van der Waals surface area contributed by atoms with E-state index >= 15 is 0 Å². The second-order valence-electron chi connectivity index (χ2n) is 1.76. The SMILES string of the molecule is O=C1NC[C@H](O)[C@@H]1O. The van der Waals surface area contributed by atoms with E-state index < -0.39 is 18.1 Å². The summed E-state index contributed by atoms with van der Waals surface area (Å²) in [6.07, 6.45) is -2.13. The van der Waals surface area contributed by atoms with Crippen LogP contribution in [0.25, 0.3) is 0 Å². The van der Waals surface area contributed by atoms with Gasteiger partial charge < -0.3 is 15.5 Å². The highest BCUT2D eigenvalue weighted by molar-refractivity contribution is 5.83. The molecule has 0 unspecified atom stereocenters. The zero-order valence-electron chi connectivity index (χ0n) is 4.16. The predicted molar refractivity (Wildman–Crippen MR) is 25.0 cm³/mol. The van der Waals surface area contributed by atoms with E-state index in [9.17, 15) is 4.79 Å². The fourth-order valence-corrected chi connectivity index (χ4v) is 0.596. The molecule has 1 rings (SSSR count). The Kier molecular flexibility index (Phi) is 1.19. The van der Waals surface area contributed by atoms with Crippen molar-refractivity contribution in [2.24, 2.45) is 0 Å². The van der Waals surface area contributed by atoms with Gasteiger partial charge in [-0.1, -0.05) is 0 Å². The summed E-state index contributed by atoms with van der Waals surface area (Å²) in [5.74, 6) is -0.488. The molecule has 0 spiro atoms. The first-order valence-corrected chi connectivity index (χ1v) is 2.35. The highest BCUT2D eigenvalue weighted by Gasteiger charge is 2.30. The summed E-state index contributed by atoms with van der Waals surface area (Å²) < 4.78 is 0. The van der Waals surface area contributed by atoms with Crippen molar-refractivity contribution in [1.29, 1.82) is 0 Å². The third-order valence-corrected chi connectivity index (χ3v) is 1.12. The first kappa shape index (κ1) is 5.53. The molecule has 46 valence electrons. The van der Waals surface area contributed by atoms with E-state index in [0.29, 0.717) is 0 Å². The molecule has 0 aromatic rings. The summed E-state index contributed by atoms with van der Waals surface area (Å²) in [5, 5.41) is 19.5. The van der Waals surface area contributed by atoms with Gasteiger partial charge in [-0.15, -0.1) is 0 Å². The molecule has 4 nitrogen and oxygen atoms in total. The topological polar surface area (TPSA) is 69.6 Å². The van der Waals surface area contributed by atoms with E-state index in [2.05, 4.69) is 5.32 Å². The second-order valence-corrected chi connectivity index (χ2v) is 1.76.